The summed E-state index contributed by atoms with van der Waals surface area (Å²) in [6.45, 7) is 0.899. The molecule has 0 saturated carbocycles. The maximum Gasteiger partial charge on any atom is 0.416 e. The molecule has 2 aromatic rings. The van der Waals surface area contributed by atoms with E-state index in [1.807, 2.05) is 0 Å². The normalized spacial score (nSPS) is 16.5. The second-order valence-electron chi connectivity index (χ2n) is 6.80. The molecule has 11 heteroatoms. The van der Waals surface area contributed by atoms with Crippen molar-refractivity contribution >= 4 is 11.4 Å². The van der Waals surface area contributed by atoms with Gasteiger partial charge in [-0.05, 0) is 30.7 Å². The monoisotopic (exact) mass is 452 g/mol. The molecule has 1 atom stereocenters. The first-order valence-electron chi connectivity index (χ1n) is 9.04. The zero-order valence-corrected chi connectivity index (χ0v) is 16.7. The van der Waals surface area contributed by atoms with Gasteiger partial charge >= 0.3 is 12.4 Å². The Morgan fingerprint density at radius 1 is 0.871 bits per heavy atom. The number of alkyl halides is 6. The van der Waals surface area contributed by atoms with Gasteiger partial charge in [0.05, 0.1) is 31.5 Å². The molecule has 0 aromatic heterocycles. The average Bonchev–Trinajstić information content (AvgIpc) is 3.12. The number of β-amino-alcohol motifs (C(OH)–C–C–N with tert-alkyl or cyclic N) is 1. The lowest BCUT2D eigenvalue weighted by Gasteiger charge is -2.20. The second-order valence-corrected chi connectivity index (χ2v) is 6.80. The topological polar surface area (TPSA) is 68.0 Å². The summed E-state index contributed by atoms with van der Waals surface area (Å²) in [6, 6.07) is 6.69. The van der Waals surface area contributed by atoms with Crippen LogP contribution >= 0.6 is 0 Å². The van der Waals surface area contributed by atoms with Crippen LogP contribution in [0.1, 0.15) is 17.5 Å². The maximum atomic E-state index is 12.7. The summed E-state index contributed by atoms with van der Waals surface area (Å²) in [4.78, 5) is 1.72. The quantitative estimate of drug-likeness (QED) is 0.527. The number of halogens is 6. The van der Waals surface area contributed by atoms with Gasteiger partial charge in [0.1, 0.15) is 11.5 Å². The van der Waals surface area contributed by atoms with Crippen LogP contribution in [0.15, 0.2) is 36.4 Å². The van der Waals surface area contributed by atoms with E-state index < -0.39 is 29.6 Å². The lowest BCUT2D eigenvalue weighted by atomic mass is 10.1. The molecule has 0 aliphatic carbocycles. The van der Waals surface area contributed by atoms with Gasteiger partial charge in [0.2, 0.25) is 0 Å². The van der Waals surface area contributed by atoms with Gasteiger partial charge in [0, 0.05) is 36.6 Å². The Bertz CT molecular complexity index is 886. The summed E-state index contributed by atoms with van der Waals surface area (Å²) in [7, 11) is 2.62. The number of aliphatic hydroxyl groups is 1. The molecule has 1 unspecified atom stereocenters. The summed E-state index contributed by atoms with van der Waals surface area (Å²) >= 11 is 0. The van der Waals surface area contributed by atoms with E-state index in [-0.39, 0.29) is 17.2 Å². The van der Waals surface area contributed by atoms with Crippen molar-refractivity contribution in [3.63, 3.8) is 0 Å². The Hall–Kier alpha value is -2.82. The molecule has 0 bridgehead atoms. The van der Waals surface area contributed by atoms with Gasteiger partial charge in [0.25, 0.3) is 0 Å². The highest BCUT2D eigenvalue weighted by molar-refractivity contribution is 5.55. The summed E-state index contributed by atoms with van der Waals surface area (Å²) in [6.07, 6.45) is -8.70. The van der Waals surface area contributed by atoms with Crippen LogP contribution in [-0.2, 0) is 12.4 Å². The van der Waals surface area contributed by atoms with E-state index in [0.717, 1.165) is 24.3 Å². The van der Waals surface area contributed by atoms with Crippen molar-refractivity contribution in [1.29, 1.82) is 0 Å². The van der Waals surface area contributed by atoms with Crippen LogP contribution in [0.25, 0.3) is 0 Å². The van der Waals surface area contributed by atoms with E-state index in [2.05, 4.69) is 4.74 Å². The number of nitrogen functional groups attached to an aromatic ring is 1. The van der Waals surface area contributed by atoms with Crippen molar-refractivity contribution in [3.05, 3.63) is 47.5 Å². The summed E-state index contributed by atoms with van der Waals surface area (Å²) < 4.78 is 84.2. The van der Waals surface area contributed by atoms with Crippen LogP contribution in [0.5, 0.6) is 11.5 Å². The zero-order chi connectivity index (χ0) is 23.4. The van der Waals surface area contributed by atoms with E-state index in [1.165, 1.54) is 20.3 Å². The largest absolute Gasteiger partial charge is 0.497 e. The van der Waals surface area contributed by atoms with Crippen LogP contribution in [0, 0.1) is 0 Å². The lowest BCUT2D eigenvalue weighted by molar-refractivity contribution is -0.138. The fourth-order valence-corrected chi connectivity index (χ4v) is 2.93. The van der Waals surface area contributed by atoms with Gasteiger partial charge in [-0.3, -0.25) is 0 Å². The zero-order valence-electron chi connectivity index (χ0n) is 16.7. The Kier molecular flexibility index (Phi) is 7.53. The van der Waals surface area contributed by atoms with E-state index >= 15 is 0 Å². The van der Waals surface area contributed by atoms with Gasteiger partial charge < -0.3 is 25.2 Å². The van der Waals surface area contributed by atoms with E-state index in [4.69, 9.17) is 10.5 Å². The SMILES string of the molecule is COc1cc(N)cc(C(F)(F)F)c1.COc1cc(N2CCC(O)C2)cc(C(F)(F)F)c1. The highest BCUT2D eigenvalue weighted by Gasteiger charge is 2.33. The van der Waals surface area contributed by atoms with Crippen LogP contribution in [0.4, 0.5) is 37.7 Å². The standard InChI is InChI=1S/C12H14F3NO2.C8H8F3NO/c1-18-11-5-8(12(13,14)15)4-9(6-11)16-3-2-10(17)7-16;1-13-7-3-5(8(9,10)11)2-6(12)4-7/h4-6,10,17H,2-3,7H2,1H3;2-4H,12H2,1H3. The number of anilines is 2. The molecule has 0 amide bonds. The van der Waals surface area contributed by atoms with Gasteiger partial charge in [0.15, 0.2) is 0 Å². The molecular formula is C20H22F6N2O3. The summed E-state index contributed by atoms with van der Waals surface area (Å²) in [5.41, 5.74) is 4.18. The first-order valence-corrected chi connectivity index (χ1v) is 9.04. The van der Waals surface area contributed by atoms with Gasteiger partial charge in [-0.1, -0.05) is 0 Å². The first-order chi connectivity index (χ1) is 14.3. The minimum absolute atomic E-state index is 0.0340. The van der Waals surface area contributed by atoms with Crippen LogP contribution < -0.4 is 20.1 Å². The molecular weight excluding hydrogens is 430 g/mol. The number of rotatable bonds is 3. The molecule has 0 spiro atoms. The molecule has 1 fully saturated rings. The number of methoxy groups -OCH3 is 2. The van der Waals surface area contributed by atoms with Crippen molar-refractivity contribution < 1.29 is 40.9 Å². The maximum absolute atomic E-state index is 12.7. The molecule has 1 aliphatic rings. The van der Waals surface area contributed by atoms with Crippen molar-refractivity contribution in [3.8, 4) is 11.5 Å². The van der Waals surface area contributed by atoms with Crippen molar-refractivity contribution in [2.75, 3.05) is 37.9 Å². The third-order valence-electron chi connectivity index (χ3n) is 4.47. The van der Waals surface area contributed by atoms with E-state index in [0.29, 0.717) is 25.2 Å². The van der Waals surface area contributed by atoms with Crippen molar-refractivity contribution in [2.45, 2.75) is 24.9 Å². The summed E-state index contributed by atoms with van der Waals surface area (Å²) in [5.74, 6) is 0.272. The highest BCUT2D eigenvalue weighted by atomic mass is 19.4. The predicted molar refractivity (Wildman–Crippen MR) is 103 cm³/mol. The summed E-state index contributed by atoms with van der Waals surface area (Å²) in [5, 5.41) is 9.42. The number of nitrogens with zero attached hydrogens (tertiary/aromatic N) is 1. The van der Waals surface area contributed by atoms with Gasteiger partial charge in [-0.15, -0.1) is 0 Å². The minimum Gasteiger partial charge on any atom is -0.497 e. The third-order valence-corrected chi connectivity index (χ3v) is 4.47. The fraction of sp³-hybridized carbons (Fsp3) is 0.400. The predicted octanol–water partition coefficient (Wildman–Crippen LogP) is 4.58. The number of aliphatic hydroxyl groups excluding tert-OH is 1. The lowest BCUT2D eigenvalue weighted by Crippen LogP contribution is -2.21. The van der Waals surface area contributed by atoms with E-state index in [9.17, 15) is 31.4 Å². The number of benzene rings is 2. The molecule has 1 saturated heterocycles. The second kappa shape index (κ2) is 9.54. The van der Waals surface area contributed by atoms with E-state index in [1.54, 1.807) is 11.0 Å². The Labute approximate surface area is 175 Å². The molecule has 172 valence electrons. The Morgan fingerprint density at radius 2 is 1.39 bits per heavy atom. The number of nitrogens with two attached hydrogens (primary N) is 1. The number of ether oxygens (including phenoxy) is 2. The molecule has 3 rings (SSSR count). The fourth-order valence-electron chi connectivity index (χ4n) is 2.93. The van der Waals surface area contributed by atoms with Crippen molar-refractivity contribution in [1.82, 2.24) is 0 Å². The van der Waals surface area contributed by atoms with Crippen molar-refractivity contribution in [2.24, 2.45) is 0 Å². The molecule has 2 aromatic carbocycles. The average molecular weight is 452 g/mol. The highest BCUT2D eigenvalue weighted by Crippen LogP contribution is 2.36. The van der Waals surface area contributed by atoms with Gasteiger partial charge in [-0.25, -0.2) is 0 Å². The first kappa shape index (κ1) is 24.4. The molecule has 1 aliphatic heterocycles. The molecule has 5 nitrogen and oxygen atoms in total. The number of hydrogen-bond acceptors (Lipinski definition) is 5. The Balaban J connectivity index is 0.000000233. The number of hydrogen-bond donors (Lipinski definition) is 2. The van der Waals surface area contributed by atoms with Crippen LogP contribution in [0.3, 0.4) is 0 Å². The molecule has 31 heavy (non-hydrogen) atoms. The molecule has 1 heterocycles. The smallest absolute Gasteiger partial charge is 0.416 e. The Morgan fingerprint density at radius 3 is 1.84 bits per heavy atom. The third kappa shape index (κ3) is 6.84. The molecule has 0 radical (unpaired) electrons. The van der Waals surface area contributed by atoms with Crippen LogP contribution in [0.2, 0.25) is 0 Å². The van der Waals surface area contributed by atoms with Gasteiger partial charge in [-0.2, -0.15) is 26.3 Å². The van der Waals surface area contributed by atoms with Crippen LogP contribution in [-0.4, -0.2) is 38.5 Å². The molecule has 3 N–H and O–H groups in total. The minimum atomic E-state index is -4.40.